The van der Waals surface area contributed by atoms with Crippen molar-refractivity contribution in [2.24, 2.45) is 5.73 Å². The molecule has 78 valence electrons. The predicted molar refractivity (Wildman–Crippen MR) is 59.1 cm³/mol. The Bertz CT molecular complexity index is 284. The van der Waals surface area contributed by atoms with Crippen LogP contribution in [0.25, 0.3) is 0 Å². The van der Waals surface area contributed by atoms with Gasteiger partial charge in [0, 0.05) is 10.9 Å². The average Bonchev–Trinajstić information content (AvgIpc) is 2.65. The van der Waals surface area contributed by atoms with Gasteiger partial charge >= 0.3 is 0 Å². The van der Waals surface area contributed by atoms with E-state index in [1.807, 2.05) is 25.3 Å². The molecule has 3 nitrogen and oxygen atoms in total. The van der Waals surface area contributed by atoms with E-state index in [-0.39, 0.29) is 18.0 Å². The van der Waals surface area contributed by atoms with Crippen LogP contribution in [-0.2, 0) is 4.79 Å². The summed E-state index contributed by atoms with van der Waals surface area (Å²) in [4.78, 5) is 12.2. The quantitative estimate of drug-likeness (QED) is 0.780. The van der Waals surface area contributed by atoms with E-state index in [1.54, 1.807) is 11.3 Å². The first kappa shape index (κ1) is 11.2. The molecule has 1 aromatic heterocycles. The summed E-state index contributed by atoms with van der Waals surface area (Å²) in [7, 11) is 0. The molecule has 3 N–H and O–H groups in total. The van der Waals surface area contributed by atoms with Gasteiger partial charge in [-0.15, -0.1) is 11.3 Å². The van der Waals surface area contributed by atoms with Gasteiger partial charge in [0.1, 0.15) is 0 Å². The second-order valence-electron chi connectivity index (χ2n) is 3.27. The van der Waals surface area contributed by atoms with Crippen LogP contribution in [0.4, 0.5) is 0 Å². The third kappa shape index (κ3) is 2.82. The van der Waals surface area contributed by atoms with Crippen molar-refractivity contribution >= 4 is 17.2 Å². The molecular weight excluding hydrogens is 196 g/mol. The Kier molecular flexibility index (Phi) is 4.10. The topological polar surface area (TPSA) is 55.1 Å². The number of carbonyl (C=O) groups is 1. The van der Waals surface area contributed by atoms with E-state index in [4.69, 9.17) is 5.73 Å². The highest BCUT2D eigenvalue weighted by Crippen LogP contribution is 2.18. The zero-order valence-electron chi connectivity index (χ0n) is 8.49. The van der Waals surface area contributed by atoms with Crippen LogP contribution in [0.15, 0.2) is 17.5 Å². The molecule has 0 aliphatic carbocycles. The molecule has 0 aromatic carbocycles. The van der Waals surface area contributed by atoms with Crippen LogP contribution in [0, 0.1) is 0 Å². The molecular formula is C10H16N2OS. The number of amides is 1. The van der Waals surface area contributed by atoms with Crippen LogP contribution in [0.1, 0.15) is 31.2 Å². The Morgan fingerprint density at radius 1 is 1.71 bits per heavy atom. The normalized spacial score (nSPS) is 15.0. The van der Waals surface area contributed by atoms with Gasteiger partial charge in [-0.3, -0.25) is 10.1 Å². The van der Waals surface area contributed by atoms with E-state index in [0.717, 1.165) is 6.42 Å². The van der Waals surface area contributed by atoms with Crippen molar-refractivity contribution in [2.75, 3.05) is 0 Å². The lowest BCUT2D eigenvalue weighted by atomic mass is 10.1. The van der Waals surface area contributed by atoms with E-state index in [0.29, 0.717) is 0 Å². The summed E-state index contributed by atoms with van der Waals surface area (Å²) in [5.41, 5.74) is 5.25. The van der Waals surface area contributed by atoms with Crippen LogP contribution < -0.4 is 11.1 Å². The maximum Gasteiger partial charge on any atom is 0.234 e. The molecule has 0 radical (unpaired) electrons. The molecule has 4 heteroatoms. The van der Waals surface area contributed by atoms with Gasteiger partial charge in [-0.1, -0.05) is 13.0 Å². The van der Waals surface area contributed by atoms with Gasteiger partial charge in [0.05, 0.1) is 6.04 Å². The van der Waals surface area contributed by atoms with E-state index in [2.05, 4.69) is 11.4 Å². The van der Waals surface area contributed by atoms with Crippen molar-refractivity contribution in [1.82, 2.24) is 5.32 Å². The van der Waals surface area contributed by atoms with Crippen molar-refractivity contribution in [3.05, 3.63) is 22.4 Å². The lowest BCUT2D eigenvalue weighted by Gasteiger charge is -2.18. The van der Waals surface area contributed by atoms with Crippen molar-refractivity contribution in [3.63, 3.8) is 0 Å². The molecule has 2 atom stereocenters. The van der Waals surface area contributed by atoms with Gasteiger partial charge in [0.2, 0.25) is 5.91 Å². The van der Waals surface area contributed by atoms with Crippen molar-refractivity contribution in [3.8, 4) is 0 Å². The summed E-state index contributed by atoms with van der Waals surface area (Å²) in [5, 5.41) is 5.23. The molecule has 0 saturated heterocycles. The third-order valence-corrected chi connectivity index (χ3v) is 3.23. The molecule has 0 aliphatic heterocycles. The van der Waals surface area contributed by atoms with E-state index in [9.17, 15) is 4.79 Å². The van der Waals surface area contributed by atoms with Gasteiger partial charge in [-0.05, 0) is 24.8 Å². The number of rotatable bonds is 5. The van der Waals surface area contributed by atoms with Crippen molar-refractivity contribution < 1.29 is 4.79 Å². The van der Waals surface area contributed by atoms with Crippen LogP contribution in [0.2, 0.25) is 0 Å². The molecule has 1 amide bonds. The van der Waals surface area contributed by atoms with Gasteiger partial charge in [0.15, 0.2) is 0 Å². The summed E-state index contributed by atoms with van der Waals surface area (Å²) < 4.78 is 0. The monoisotopic (exact) mass is 212 g/mol. The second-order valence-corrected chi connectivity index (χ2v) is 4.25. The molecule has 1 heterocycles. The molecule has 0 saturated carbocycles. The van der Waals surface area contributed by atoms with Crippen molar-refractivity contribution in [2.45, 2.75) is 32.4 Å². The first-order valence-corrected chi connectivity index (χ1v) is 5.62. The Morgan fingerprint density at radius 2 is 2.43 bits per heavy atom. The van der Waals surface area contributed by atoms with Crippen LogP contribution in [0.3, 0.4) is 0 Å². The maximum atomic E-state index is 11.0. The Balaban J connectivity index is 2.55. The van der Waals surface area contributed by atoms with Gasteiger partial charge < -0.3 is 5.73 Å². The fourth-order valence-electron chi connectivity index (χ4n) is 1.32. The van der Waals surface area contributed by atoms with Crippen molar-refractivity contribution in [1.29, 1.82) is 0 Å². The first-order valence-electron chi connectivity index (χ1n) is 4.74. The molecule has 0 spiro atoms. The molecule has 0 bridgehead atoms. The number of thiophene rings is 1. The largest absolute Gasteiger partial charge is 0.368 e. The first-order chi connectivity index (χ1) is 6.65. The van der Waals surface area contributed by atoms with E-state index < -0.39 is 0 Å². The summed E-state index contributed by atoms with van der Waals surface area (Å²) in [5.74, 6) is -0.282. The number of nitrogens with two attached hydrogens (primary N) is 1. The van der Waals surface area contributed by atoms with Gasteiger partial charge in [-0.25, -0.2) is 0 Å². The third-order valence-electron chi connectivity index (χ3n) is 2.17. The Morgan fingerprint density at radius 3 is 2.86 bits per heavy atom. The van der Waals surface area contributed by atoms with Gasteiger partial charge in [0.25, 0.3) is 0 Å². The number of hydrogen-bond acceptors (Lipinski definition) is 3. The summed E-state index contributed by atoms with van der Waals surface area (Å²) in [6, 6.07) is 4.01. The summed E-state index contributed by atoms with van der Waals surface area (Å²) in [6.45, 7) is 3.99. The van der Waals surface area contributed by atoms with Crippen LogP contribution >= 0.6 is 11.3 Å². The fourth-order valence-corrected chi connectivity index (χ4v) is 2.07. The standard InChI is InChI=1S/C10H16N2OS/c1-3-8(10(11)13)12-7(2)9-5-4-6-14-9/h4-8,12H,3H2,1-2H3,(H2,11,13)/t7-,8?/m1/s1. The minimum Gasteiger partial charge on any atom is -0.368 e. The lowest BCUT2D eigenvalue weighted by Crippen LogP contribution is -2.41. The van der Waals surface area contributed by atoms with Crippen LogP contribution in [0.5, 0.6) is 0 Å². The SMILES string of the molecule is CCC(N[C@H](C)c1cccs1)C(N)=O. The molecule has 1 rings (SSSR count). The second kappa shape index (κ2) is 5.12. The predicted octanol–water partition coefficient (Wildman–Crippen LogP) is 1.66. The number of carbonyl (C=O) groups excluding carboxylic acids is 1. The zero-order chi connectivity index (χ0) is 10.6. The minimum atomic E-state index is -0.282. The average molecular weight is 212 g/mol. The Hall–Kier alpha value is -0.870. The Labute approximate surface area is 88.3 Å². The van der Waals surface area contributed by atoms with Crippen LogP contribution in [-0.4, -0.2) is 11.9 Å². The molecule has 0 aliphatic rings. The highest BCUT2D eigenvalue weighted by Gasteiger charge is 2.16. The fraction of sp³-hybridized carbons (Fsp3) is 0.500. The molecule has 1 aromatic rings. The lowest BCUT2D eigenvalue weighted by molar-refractivity contribution is -0.120. The number of hydrogen-bond donors (Lipinski definition) is 2. The highest BCUT2D eigenvalue weighted by atomic mass is 32.1. The summed E-state index contributed by atoms with van der Waals surface area (Å²) >= 11 is 1.68. The molecule has 14 heavy (non-hydrogen) atoms. The maximum absolute atomic E-state index is 11.0. The van der Waals surface area contributed by atoms with Gasteiger partial charge in [-0.2, -0.15) is 0 Å². The molecule has 1 unspecified atom stereocenters. The highest BCUT2D eigenvalue weighted by molar-refractivity contribution is 7.10. The minimum absolute atomic E-state index is 0.187. The number of primary amides is 1. The number of nitrogens with one attached hydrogen (secondary N) is 1. The van der Waals surface area contributed by atoms with E-state index in [1.165, 1.54) is 4.88 Å². The molecule has 0 fully saturated rings. The van der Waals surface area contributed by atoms with E-state index >= 15 is 0 Å². The summed E-state index contributed by atoms with van der Waals surface area (Å²) in [6.07, 6.45) is 0.727. The zero-order valence-corrected chi connectivity index (χ0v) is 9.30. The smallest absolute Gasteiger partial charge is 0.234 e.